The number of halogens is 1. The van der Waals surface area contributed by atoms with Gasteiger partial charge in [-0.2, -0.15) is 0 Å². The minimum absolute atomic E-state index is 0.0575. The number of rotatable bonds is 5. The van der Waals surface area contributed by atoms with Crippen molar-refractivity contribution >= 4 is 6.09 Å². The number of carbonyl (C=O) groups is 1. The summed E-state index contributed by atoms with van der Waals surface area (Å²) in [5.41, 5.74) is 0.367. The van der Waals surface area contributed by atoms with Gasteiger partial charge in [-0.1, -0.05) is 18.2 Å². The van der Waals surface area contributed by atoms with Crippen molar-refractivity contribution in [3.63, 3.8) is 0 Å². The maximum atomic E-state index is 13.1. The number of ether oxygens (including phenoxy) is 1. The van der Waals surface area contributed by atoms with E-state index in [1.807, 2.05) is 0 Å². The molecule has 1 aromatic carbocycles. The average molecular weight is 226 g/mol. The molecule has 0 fully saturated rings. The summed E-state index contributed by atoms with van der Waals surface area (Å²) < 4.78 is 18.0. The molecular weight excluding hydrogens is 211 g/mol. The highest BCUT2D eigenvalue weighted by Crippen LogP contribution is 2.07. The van der Waals surface area contributed by atoms with Crippen molar-refractivity contribution < 1.29 is 13.9 Å². The molecule has 0 aliphatic rings. The zero-order chi connectivity index (χ0) is 11.8. The van der Waals surface area contributed by atoms with Gasteiger partial charge in [-0.3, -0.25) is 0 Å². The quantitative estimate of drug-likeness (QED) is 0.743. The number of hydrogen-bond acceptors (Lipinski definition) is 3. The van der Waals surface area contributed by atoms with E-state index < -0.39 is 6.09 Å². The van der Waals surface area contributed by atoms with Crippen molar-refractivity contribution in [3.8, 4) is 0 Å². The van der Waals surface area contributed by atoms with Gasteiger partial charge in [-0.25, -0.2) is 9.18 Å². The first kappa shape index (κ1) is 12.4. The maximum absolute atomic E-state index is 13.1. The van der Waals surface area contributed by atoms with Crippen LogP contribution in [0.25, 0.3) is 0 Å². The second-order valence-corrected chi connectivity index (χ2v) is 3.20. The molecule has 0 saturated carbocycles. The van der Waals surface area contributed by atoms with Crippen LogP contribution >= 0.6 is 0 Å². The fourth-order valence-corrected chi connectivity index (χ4v) is 1.10. The molecule has 1 aromatic rings. The van der Waals surface area contributed by atoms with E-state index in [9.17, 15) is 9.18 Å². The van der Waals surface area contributed by atoms with E-state index in [-0.39, 0.29) is 12.4 Å². The smallest absolute Gasteiger partial charge is 0.407 e. The average Bonchev–Trinajstić information content (AvgIpc) is 2.28. The molecule has 2 N–H and O–H groups in total. The van der Waals surface area contributed by atoms with Crippen LogP contribution in [0.3, 0.4) is 0 Å². The van der Waals surface area contributed by atoms with Crippen LogP contribution in [0.4, 0.5) is 9.18 Å². The molecule has 4 nitrogen and oxygen atoms in total. The zero-order valence-electron chi connectivity index (χ0n) is 9.13. The number of nitrogens with one attached hydrogen (secondary N) is 2. The minimum Gasteiger partial charge on any atom is -0.445 e. The molecule has 88 valence electrons. The van der Waals surface area contributed by atoms with E-state index in [1.165, 1.54) is 6.07 Å². The predicted molar refractivity (Wildman–Crippen MR) is 58.5 cm³/mol. The number of benzene rings is 1. The van der Waals surface area contributed by atoms with Gasteiger partial charge in [-0.05, 0) is 13.1 Å². The fourth-order valence-electron chi connectivity index (χ4n) is 1.10. The van der Waals surface area contributed by atoms with Crippen LogP contribution in [0, 0.1) is 5.82 Å². The summed E-state index contributed by atoms with van der Waals surface area (Å²) in [5.74, 6) is -0.370. The molecule has 1 rings (SSSR count). The predicted octanol–water partition coefficient (Wildman–Crippen LogP) is 1.27. The molecule has 0 aromatic heterocycles. The Labute approximate surface area is 93.8 Å². The Morgan fingerprint density at radius 1 is 1.38 bits per heavy atom. The Balaban J connectivity index is 2.29. The number of amides is 1. The first-order valence-electron chi connectivity index (χ1n) is 5.02. The SMILES string of the molecule is CNCCNC(=O)OCc1ccccc1F. The number of carbonyl (C=O) groups excluding carboxylic acids is 1. The molecule has 1 amide bonds. The largest absolute Gasteiger partial charge is 0.445 e. The summed E-state index contributed by atoms with van der Waals surface area (Å²) in [6, 6.07) is 6.19. The summed E-state index contributed by atoms with van der Waals surface area (Å²) in [7, 11) is 1.78. The Bertz CT molecular complexity index is 345. The van der Waals surface area contributed by atoms with Crippen LogP contribution in [-0.2, 0) is 11.3 Å². The number of alkyl carbamates (subject to hydrolysis) is 1. The van der Waals surface area contributed by atoms with E-state index in [4.69, 9.17) is 4.74 Å². The summed E-state index contributed by atoms with van der Waals surface area (Å²) in [4.78, 5) is 11.1. The Hall–Kier alpha value is -1.62. The van der Waals surface area contributed by atoms with E-state index in [0.717, 1.165) is 0 Å². The fraction of sp³-hybridized carbons (Fsp3) is 0.364. The van der Waals surface area contributed by atoms with Crippen LogP contribution in [0.1, 0.15) is 5.56 Å². The molecule has 0 radical (unpaired) electrons. The molecule has 0 unspecified atom stereocenters. The lowest BCUT2D eigenvalue weighted by molar-refractivity contribution is 0.138. The molecule has 0 saturated heterocycles. The second-order valence-electron chi connectivity index (χ2n) is 3.20. The van der Waals surface area contributed by atoms with Crippen LogP contribution in [0.2, 0.25) is 0 Å². The van der Waals surface area contributed by atoms with Crippen molar-refractivity contribution in [1.82, 2.24) is 10.6 Å². The third-order valence-electron chi connectivity index (χ3n) is 1.96. The molecule has 0 atom stereocenters. The lowest BCUT2D eigenvalue weighted by Crippen LogP contribution is -2.30. The Morgan fingerprint density at radius 2 is 2.12 bits per heavy atom. The van der Waals surface area contributed by atoms with Gasteiger partial charge in [0, 0.05) is 18.7 Å². The van der Waals surface area contributed by atoms with Gasteiger partial charge in [0.15, 0.2) is 0 Å². The van der Waals surface area contributed by atoms with E-state index >= 15 is 0 Å². The highest BCUT2D eigenvalue weighted by Gasteiger charge is 2.04. The normalized spacial score (nSPS) is 9.88. The van der Waals surface area contributed by atoms with Crippen molar-refractivity contribution in [3.05, 3.63) is 35.6 Å². The highest BCUT2D eigenvalue weighted by atomic mass is 19.1. The molecular formula is C11H15FN2O2. The maximum Gasteiger partial charge on any atom is 0.407 e. The van der Waals surface area contributed by atoms with E-state index in [2.05, 4.69) is 10.6 Å². The van der Waals surface area contributed by atoms with Crippen molar-refractivity contribution in [2.75, 3.05) is 20.1 Å². The van der Waals surface area contributed by atoms with Crippen molar-refractivity contribution in [2.45, 2.75) is 6.61 Å². The Morgan fingerprint density at radius 3 is 2.81 bits per heavy atom. The van der Waals surface area contributed by atoms with Crippen molar-refractivity contribution in [1.29, 1.82) is 0 Å². The van der Waals surface area contributed by atoms with Gasteiger partial charge in [0.25, 0.3) is 0 Å². The lowest BCUT2D eigenvalue weighted by Gasteiger charge is -2.07. The molecule has 0 heterocycles. The molecule has 0 bridgehead atoms. The van der Waals surface area contributed by atoms with Gasteiger partial charge in [-0.15, -0.1) is 0 Å². The van der Waals surface area contributed by atoms with Gasteiger partial charge in [0.1, 0.15) is 12.4 Å². The van der Waals surface area contributed by atoms with E-state index in [1.54, 1.807) is 25.2 Å². The first-order chi connectivity index (χ1) is 7.74. The summed E-state index contributed by atoms with van der Waals surface area (Å²) in [6.07, 6.45) is -0.543. The third-order valence-corrected chi connectivity index (χ3v) is 1.96. The topological polar surface area (TPSA) is 50.4 Å². The molecule has 0 aliphatic heterocycles. The number of likely N-dealkylation sites (N-methyl/N-ethyl adjacent to an activating group) is 1. The number of hydrogen-bond donors (Lipinski definition) is 2. The first-order valence-corrected chi connectivity index (χ1v) is 5.02. The van der Waals surface area contributed by atoms with Gasteiger partial charge < -0.3 is 15.4 Å². The van der Waals surface area contributed by atoms with Gasteiger partial charge >= 0.3 is 6.09 Å². The third kappa shape index (κ3) is 4.27. The molecule has 0 aliphatic carbocycles. The second kappa shape index (κ2) is 6.79. The van der Waals surface area contributed by atoms with Crippen LogP contribution < -0.4 is 10.6 Å². The van der Waals surface area contributed by atoms with Gasteiger partial charge in [0.2, 0.25) is 0 Å². The van der Waals surface area contributed by atoms with Crippen LogP contribution in [-0.4, -0.2) is 26.2 Å². The Kier molecular flexibility index (Phi) is 5.28. The van der Waals surface area contributed by atoms with Crippen LogP contribution in [0.5, 0.6) is 0 Å². The minimum atomic E-state index is -0.543. The summed E-state index contributed by atoms with van der Waals surface area (Å²) >= 11 is 0. The zero-order valence-corrected chi connectivity index (χ0v) is 9.13. The summed E-state index contributed by atoms with van der Waals surface area (Å²) in [5, 5.41) is 5.40. The van der Waals surface area contributed by atoms with Crippen molar-refractivity contribution in [2.24, 2.45) is 0 Å². The monoisotopic (exact) mass is 226 g/mol. The van der Waals surface area contributed by atoms with Crippen LogP contribution in [0.15, 0.2) is 24.3 Å². The van der Waals surface area contributed by atoms with E-state index in [0.29, 0.717) is 18.7 Å². The highest BCUT2D eigenvalue weighted by molar-refractivity contribution is 5.67. The molecule has 16 heavy (non-hydrogen) atoms. The van der Waals surface area contributed by atoms with Gasteiger partial charge in [0.05, 0.1) is 0 Å². The lowest BCUT2D eigenvalue weighted by atomic mass is 10.2. The standard InChI is InChI=1S/C11H15FN2O2/c1-13-6-7-14-11(15)16-8-9-4-2-3-5-10(9)12/h2-5,13H,6-8H2,1H3,(H,14,15). The summed E-state index contributed by atoms with van der Waals surface area (Å²) in [6.45, 7) is 1.08. The molecule has 0 spiro atoms. The molecule has 5 heteroatoms.